The zero-order valence-electron chi connectivity index (χ0n) is 17.2. The van der Waals surface area contributed by atoms with Gasteiger partial charge in [-0.3, -0.25) is 9.59 Å². The molecular formula is C22H22FN5O2S. The summed E-state index contributed by atoms with van der Waals surface area (Å²) in [6.07, 6.45) is 0. The Morgan fingerprint density at radius 1 is 1.16 bits per heavy atom. The molecule has 1 aliphatic rings. The third kappa shape index (κ3) is 4.46. The first kappa shape index (κ1) is 21.0. The summed E-state index contributed by atoms with van der Waals surface area (Å²) in [5, 5.41) is 11.7. The minimum absolute atomic E-state index is 0.0322. The quantitative estimate of drug-likeness (QED) is 0.591. The highest BCUT2D eigenvalue weighted by molar-refractivity contribution is 7.99. The molecule has 4 rings (SSSR count). The number of anilines is 2. The molecule has 31 heavy (non-hydrogen) atoms. The van der Waals surface area contributed by atoms with Crippen LogP contribution >= 0.6 is 11.8 Å². The number of carbonyl (C=O) groups excluding carboxylic acids is 2. The second kappa shape index (κ2) is 8.89. The van der Waals surface area contributed by atoms with E-state index in [1.165, 1.54) is 22.7 Å². The first-order valence-electron chi connectivity index (χ1n) is 9.94. The van der Waals surface area contributed by atoms with Gasteiger partial charge in [0.15, 0.2) is 11.0 Å². The molecule has 0 fully saturated rings. The van der Waals surface area contributed by atoms with Gasteiger partial charge in [-0.15, -0.1) is 10.2 Å². The molecule has 0 spiro atoms. The maximum Gasteiger partial charge on any atom is 0.244 e. The average Bonchev–Trinajstić information content (AvgIpc) is 3.13. The van der Waals surface area contributed by atoms with Crippen molar-refractivity contribution in [1.82, 2.24) is 14.8 Å². The molecule has 9 heteroatoms. The van der Waals surface area contributed by atoms with Gasteiger partial charge in [0.2, 0.25) is 11.8 Å². The Morgan fingerprint density at radius 2 is 1.90 bits per heavy atom. The van der Waals surface area contributed by atoms with Crippen molar-refractivity contribution < 1.29 is 14.0 Å². The van der Waals surface area contributed by atoms with E-state index in [0.717, 1.165) is 0 Å². The first-order valence-corrected chi connectivity index (χ1v) is 10.9. The van der Waals surface area contributed by atoms with Gasteiger partial charge >= 0.3 is 0 Å². The van der Waals surface area contributed by atoms with Crippen LogP contribution in [-0.4, -0.2) is 38.9 Å². The van der Waals surface area contributed by atoms with Gasteiger partial charge in [-0.2, -0.15) is 0 Å². The van der Waals surface area contributed by atoms with Crippen LogP contribution < -0.4 is 10.2 Å². The molecular weight excluding hydrogens is 417 g/mol. The van der Waals surface area contributed by atoms with Gasteiger partial charge in [0.1, 0.15) is 12.4 Å². The molecule has 2 amide bonds. The van der Waals surface area contributed by atoms with Gasteiger partial charge in [0.05, 0.1) is 22.7 Å². The number of halogens is 1. The van der Waals surface area contributed by atoms with Crippen LogP contribution in [0.15, 0.2) is 53.7 Å². The predicted molar refractivity (Wildman–Crippen MR) is 118 cm³/mol. The Balaban J connectivity index is 1.57. The van der Waals surface area contributed by atoms with Crippen LogP contribution in [0.3, 0.4) is 0 Å². The number of hydrogen-bond acceptors (Lipinski definition) is 5. The van der Waals surface area contributed by atoms with Crippen molar-refractivity contribution in [3.63, 3.8) is 0 Å². The second-order valence-electron chi connectivity index (χ2n) is 7.62. The zero-order valence-corrected chi connectivity index (χ0v) is 18.0. The van der Waals surface area contributed by atoms with E-state index in [0.29, 0.717) is 34.5 Å². The molecule has 0 bridgehead atoms. The normalized spacial score (nSPS) is 13.3. The lowest BCUT2D eigenvalue weighted by atomic mass is 10.2. The van der Waals surface area contributed by atoms with E-state index < -0.39 is 0 Å². The third-order valence-electron chi connectivity index (χ3n) is 4.78. The van der Waals surface area contributed by atoms with E-state index in [-0.39, 0.29) is 35.8 Å². The standard InChI is InChI=1S/C22H22FN5O2S/c1-14(2)11-28-21(15-7-3-4-8-16(15)23)25-26-22(28)31-13-20(30)27-12-19(29)24-17-9-5-6-10-18(17)27/h3-10,14H,11-13H2,1-2H3,(H,24,29). The van der Waals surface area contributed by atoms with Gasteiger partial charge in [-0.05, 0) is 30.2 Å². The minimum Gasteiger partial charge on any atom is -0.323 e. The number of amides is 2. The van der Waals surface area contributed by atoms with Crippen LogP contribution in [0.25, 0.3) is 11.4 Å². The fourth-order valence-electron chi connectivity index (χ4n) is 3.43. The van der Waals surface area contributed by atoms with Crippen molar-refractivity contribution in [2.75, 3.05) is 22.5 Å². The van der Waals surface area contributed by atoms with E-state index in [1.54, 1.807) is 36.4 Å². The summed E-state index contributed by atoms with van der Waals surface area (Å²) < 4.78 is 16.2. The number of benzene rings is 2. The maximum absolute atomic E-state index is 14.3. The van der Waals surface area contributed by atoms with Crippen molar-refractivity contribution in [2.45, 2.75) is 25.5 Å². The molecule has 0 radical (unpaired) electrons. The number of hydrogen-bond donors (Lipinski definition) is 1. The van der Waals surface area contributed by atoms with Crippen LogP contribution in [0.4, 0.5) is 15.8 Å². The van der Waals surface area contributed by atoms with E-state index in [2.05, 4.69) is 15.5 Å². The smallest absolute Gasteiger partial charge is 0.244 e. The molecule has 2 aromatic carbocycles. The van der Waals surface area contributed by atoms with Crippen molar-refractivity contribution in [1.29, 1.82) is 0 Å². The number of fused-ring (bicyclic) bond motifs is 1. The molecule has 2 heterocycles. The third-order valence-corrected chi connectivity index (χ3v) is 5.73. The topological polar surface area (TPSA) is 80.1 Å². The Labute approximate surface area is 183 Å². The second-order valence-corrected chi connectivity index (χ2v) is 8.57. The highest BCUT2D eigenvalue weighted by Crippen LogP contribution is 2.31. The van der Waals surface area contributed by atoms with Gasteiger partial charge < -0.3 is 14.8 Å². The highest BCUT2D eigenvalue weighted by atomic mass is 32.2. The summed E-state index contributed by atoms with van der Waals surface area (Å²) >= 11 is 1.23. The number of nitrogens with one attached hydrogen (secondary N) is 1. The van der Waals surface area contributed by atoms with Crippen molar-refractivity contribution >= 4 is 35.0 Å². The van der Waals surface area contributed by atoms with Gasteiger partial charge in [-0.1, -0.05) is 49.9 Å². The number of carbonyl (C=O) groups is 2. The van der Waals surface area contributed by atoms with E-state index in [9.17, 15) is 14.0 Å². The SMILES string of the molecule is CC(C)Cn1c(SCC(=O)N2CC(=O)Nc3ccccc32)nnc1-c1ccccc1F. The van der Waals surface area contributed by atoms with E-state index in [4.69, 9.17) is 0 Å². The number of thioether (sulfide) groups is 1. The van der Waals surface area contributed by atoms with E-state index >= 15 is 0 Å². The summed E-state index contributed by atoms with van der Waals surface area (Å²) in [5.41, 5.74) is 1.65. The van der Waals surface area contributed by atoms with Crippen molar-refractivity contribution in [3.8, 4) is 11.4 Å². The van der Waals surface area contributed by atoms with Crippen molar-refractivity contribution in [3.05, 3.63) is 54.3 Å². The van der Waals surface area contributed by atoms with E-state index in [1.807, 2.05) is 24.5 Å². The lowest BCUT2D eigenvalue weighted by Crippen LogP contribution is -2.43. The number of para-hydroxylation sites is 2. The largest absolute Gasteiger partial charge is 0.323 e. The maximum atomic E-state index is 14.3. The summed E-state index contributed by atoms with van der Waals surface area (Å²) in [4.78, 5) is 26.4. The summed E-state index contributed by atoms with van der Waals surface area (Å²) in [6, 6.07) is 13.6. The molecule has 7 nitrogen and oxygen atoms in total. The minimum atomic E-state index is -0.372. The lowest BCUT2D eigenvalue weighted by Gasteiger charge is -2.29. The Bertz CT molecular complexity index is 1130. The van der Waals surface area contributed by atoms with Crippen LogP contribution in [0.1, 0.15) is 13.8 Å². The zero-order chi connectivity index (χ0) is 22.0. The summed E-state index contributed by atoms with van der Waals surface area (Å²) in [5.74, 6) is -0.0300. The lowest BCUT2D eigenvalue weighted by molar-refractivity contribution is -0.120. The summed E-state index contributed by atoms with van der Waals surface area (Å²) in [7, 11) is 0. The molecule has 3 aromatic rings. The predicted octanol–water partition coefficient (Wildman–Crippen LogP) is 3.82. The average molecular weight is 440 g/mol. The fourth-order valence-corrected chi connectivity index (χ4v) is 4.25. The number of rotatable bonds is 6. The Morgan fingerprint density at radius 3 is 2.68 bits per heavy atom. The molecule has 1 N–H and O–H groups in total. The Hall–Kier alpha value is -3.20. The van der Waals surface area contributed by atoms with Gasteiger partial charge in [0, 0.05) is 6.54 Å². The molecule has 0 unspecified atom stereocenters. The number of nitrogens with zero attached hydrogens (tertiary/aromatic N) is 4. The van der Waals surface area contributed by atoms with Crippen LogP contribution in [-0.2, 0) is 16.1 Å². The monoisotopic (exact) mass is 439 g/mol. The highest BCUT2D eigenvalue weighted by Gasteiger charge is 2.27. The molecule has 0 saturated heterocycles. The van der Waals surface area contributed by atoms with Gasteiger partial charge in [0.25, 0.3) is 0 Å². The molecule has 0 aliphatic carbocycles. The van der Waals surface area contributed by atoms with Crippen LogP contribution in [0.2, 0.25) is 0 Å². The molecule has 1 aromatic heterocycles. The summed E-state index contributed by atoms with van der Waals surface area (Å²) in [6.45, 7) is 4.65. The van der Waals surface area contributed by atoms with Gasteiger partial charge in [-0.25, -0.2) is 4.39 Å². The number of aromatic nitrogens is 3. The molecule has 0 atom stereocenters. The van der Waals surface area contributed by atoms with Crippen LogP contribution in [0.5, 0.6) is 0 Å². The first-order chi connectivity index (χ1) is 14.9. The Kier molecular flexibility index (Phi) is 6.03. The molecule has 1 aliphatic heterocycles. The molecule has 0 saturated carbocycles. The van der Waals surface area contributed by atoms with Crippen molar-refractivity contribution in [2.24, 2.45) is 5.92 Å². The van der Waals surface area contributed by atoms with Crippen LogP contribution in [0, 0.1) is 11.7 Å². The molecule has 160 valence electrons. The fraction of sp³-hybridized carbons (Fsp3) is 0.273.